The van der Waals surface area contributed by atoms with Crippen LogP contribution in [0.4, 0.5) is 0 Å². The molecule has 0 fully saturated rings. The molecular formula is C27H28N4O5. The monoisotopic (exact) mass is 488 g/mol. The van der Waals surface area contributed by atoms with Crippen LogP contribution in [0, 0.1) is 6.92 Å². The Morgan fingerprint density at radius 1 is 1.03 bits per heavy atom. The van der Waals surface area contributed by atoms with Crippen LogP contribution >= 0.6 is 0 Å². The lowest BCUT2D eigenvalue weighted by atomic mass is 10.1. The first-order chi connectivity index (χ1) is 17.5. The fourth-order valence-electron chi connectivity index (χ4n) is 4.01. The van der Waals surface area contributed by atoms with Gasteiger partial charge in [-0.25, -0.2) is 9.78 Å². The summed E-state index contributed by atoms with van der Waals surface area (Å²) in [6.07, 6.45) is 2.17. The van der Waals surface area contributed by atoms with Gasteiger partial charge in [0.2, 0.25) is 0 Å². The van der Waals surface area contributed by atoms with Gasteiger partial charge in [0.1, 0.15) is 16.9 Å². The van der Waals surface area contributed by atoms with E-state index >= 15 is 0 Å². The summed E-state index contributed by atoms with van der Waals surface area (Å²) in [5, 5.41) is 0.223. The van der Waals surface area contributed by atoms with E-state index in [1.807, 2.05) is 26.0 Å². The first-order valence-electron chi connectivity index (χ1n) is 11.9. The average Bonchev–Trinajstić information content (AvgIpc) is 2.88. The molecule has 3 heterocycles. The number of ether oxygens (including phenoxy) is 2. The Morgan fingerprint density at radius 3 is 2.56 bits per heavy atom. The molecule has 0 N–H and O–H groups in total. The summed E-state index contributed by atoms with van der Waals surface area (Å²) in [5.74, 6) is -1.18. The molecule has 0 aliphatic heterocycles. The fraction of sp³-hybridized carbons (Fsp3) is 0.296. The van der Waals surface area contributed by atoms with Crippen LogP contribution in [0.25, 0.3) is 16.7 Å². The lowest BCUT2D eigenvalue weighted by Gasteiger charge is -2.15. The first kappa shape index (κ1) is 25.0. The summed E-state index contributed by atoms with van der Waals surface area (Å²) in [6, 6.07) is 13.8. The Balaban J connectivity index is 2.07. The number of pyridine rings is 2. The van der Waals surface area contributed by atoms with Crippen molar-refractivity contribution in [2.45, 2.75) is 33.7 Å². The number of amides is 1. The Kier molecular flexibility index (Phi) is 7.70. The SMILES string of the molecule is CCOCCCn1c(=NC(=O)c2ccccc2C)c(C(=O)OCC)cc2c(=O)n3ccccc3nc21. The quantitative estimate of drug-likeness (QED) is 0.214. The van der Waals surface area contributed by atoms with Crippen LogP contribution in [0.5, 0.6) is 0 Å². The molecule has 0 radical (unpaired) electrons. The third-order valence-electron chi connectivity index (χ3n) is 5.74. The predicted octanol–water partition coefficient (Wildman–Crippen LogP) is 3.30. The van der Waals surface area contributed by atoms with Crippen molar-refractivity contribution in [1.82, 2.24) is 14.0 Å². The van der Waals surface area contributed by atoms with Crippen LogP contribution in [0.3, 0.4) is 0 Å². The van der Waals surface area contributed by atoms with Crippen molar-refractivity contribution in [1.29, 1.82) is 0 Å². The number of carbonyl (C=O) groups excluding carboxylic acids is 2. The third-order valence-corrected chi connectivity index (χ3v) is 5.74. The van der Waals surface area contributed by atoms with Crippen LogP contribution in [-0.4, -0.2) is 45.6 Å². The van der Waals surface area contributed by atoms with Crippen molar-refractivity contribution in [2.75, 3.05) is 19.8 Å². The second-order valence-electron chi connectivity index (χ2n) is 8.12. The van der Waals surface area contributed by atoms with Crippen molar-refractivity contribution in [3.63, 3.8) is 0 Å². The highest BCUT2D eigenvalue weighted by molar-refractivity contribution is 5.98. The minimum atomic E-state index is -0.674. The van der Waals surface area contributed by atoms with E-state index < -0.39 is 11.9 Å². The van der Waals surface area contributed by atoms with E-state index in [0.29, 0.717) is 43.0 Å². The number of esters is 1. The van der Waals surface area contributed by atoms with E-state index in [9.17, 15) is 14.4 Å². The zero-order chi connectivity index (χ0) is 25.7. The van der Waals surface area contributed by atoms with Crippen molar-refractivity contribution < 1.29 is 19.1 Å². The van der Waals surface area contributed by atoms with Gasteiger partial charge in [-0.2, -0.15) is 4.99 Å². The molecular weight excluding hydrogens is 460 g/mol. The second-order valence-corrected chi connectivity index (χ2v) is 8.12. The average molecular weight is 489 g/mol. The highest BCUT2D eigenvalue weighted by Crippen LogP contribution is 2.13. The van der Waals surface area contributed by atoms with Crippen LogP contribution in [-0.2, 0) is 16.0 Å². The Labute approximate surface area is 207 Å². The minimum absolute atomic E-state index is 0.0254. The number of aryl methyl sites for hydroxylation is 2. The molecule has 0 bridgehead atoms. The number of benzene rings is 1. The van der Waals surface area contributed by atoms with E-state index in [-0.39, 0.29) is 28.6 Å². The number of rotatable bonds is 8. The largest absolute Gasteiger partial charge is 0.462 e. The molecule has 186 valence electrons. The molecule has 0 atom stereocenters. The Hall–Kier alpha value is -4.11. The van der Waals surface area contributed by atoms with Gasteiger partial charge in [0.05, 0.1) is 12.0 Å². The summed E-state index contributed by atoms with van der Waals surface area (Å²) in [5.41, 5.74) is 1.72. The normalized spacial score (nSPS) is 11.8. The third kappa shape index (κ3) is 4.96. The van der Waals surface area contributed by atoms with Gasteiger partial charge in [0.15, 0.2) is 5.49 Å². The van der Waals surface area contributed by atoms with Crippen LogP contribution in [0.15, 0.2) is 64.5 Å². The molecule has 4 rings (SSSR count). The molecule has 0 spiro atoms. The molecule has 0 unspecified atom stereocenters. The van der Waals surface area contributed by atoms with E-state index in [0.717, 1.165) is 5.56 Å². The van der Waals surface area contributed by atoms with Gasteiger partial charge < -0.3 is 14.0 Å². The number of nitrogens with zero attached hydrogens (tertiary/aromatic N) is 4. The second kappa shape index (κ2) is 11.1. The zero-order valence-electron chi connectivity index (χ0n) is 20.6. The Bertz CT molecular complexity index is 1570. The molecule has 9 nitrogen and oxygen atoms in total. The number of fused-ring (bicyclic) bond motifs is 2. The van der Waals surface area contributed by atoms with E-state index in [1.165, 1.54) is 10.5 Å². The predicted molar refractivity (Wildman–Crippen MR) is 135 cm³/mol. The molecule has 4 aromatic rings. The summed E-state index contributed by atoms with van der Waals surface area (Å²) in [6.45, 7) is 6.86. The lowest BCUT2D eigenvalue weighted by Crippen LogP contribution is -2.33. The van der Waals surface area contributed by atoms with Gasteiger partial charge >= 0.3 is 5.97 Å². The number of aromatic nitrogens is 3. The number of carbonyl (C=O) groups is 2. The highest BCUT2D eigenvalue weighted by atomic mass is 16.5. The maximum Gasteiger partial charge on any atom is 0.341 e. The molecule has 0 saturated heterocycles. The Morgan fingerprint density at radius 2 is 1.81 bits per heavy atom. The smallest absolute Gasteiger partial charge is 0.341 e. The van der Waals surface area contributed by atoms with Gasteiger partial charge in [-0.05, 0) is 57.0 Å². The molecule has 0 saturated carbocycles. The minimum Gasteiger partial charge on any atom is -0.462 e. The van der Waals surface area contributed by atoms with Gasteiger partial charge in [-0.3, -0.25) is 14.0 Å². The summed E-state index contributed by atoms with van der Waals surface area (Å²) in [7, 11) is 0. The molecule has 1 amide bonds. The summed E-state index contributed by atoms with van der Waals surface area (Å²) in [4.78, 5) is 48.8. The summed E-state index contributed by atoms with van der Waals surface area (Å²) < 4.78 is 13.8. The molecule has 3 aromatic heterocycles. The number of hydrogen-bond acceptors (Lipinski definition) is 6. The van der Waals surface area contributed by atoms with E-state index in [4.69, 9.17) is 14.5 Å². The van der Waals surface area contributed by atoms with Gasteiger partial charge in [-0.1, -0.05) is 24.3 Å². The van der Waals surface area contributed by atoms with Crippen molar-refractivity contribution in [2.24, 2.45) is 4.99 Å². The maximum atomic E-state index is 13.4. The van der Waals surface area contributed by atoms with E-state index in [1.54, 1.807) is 48.0 Å². The van der Waals surface area contributed by atoms with Crippen LogP contribution in [0.1, 0.15) is 46.5 Å². The molecule has 1 aromatic carbocycles. The summed E-state index contributed by atoms with van der Waals surface area (Å²) >= 11 is 0. The van der Waals surface area contributed by atoms with Gasteiger partial charge in [-0.15, -0.1) is 0 Å². The van der Waals surface area contributed by atoms with Crippen LogP contribution in [0.2, 0.25) is 0 Å². The van der Waals surface area contributed by atoms with Crippen molar-refractivity contribution in [3.8, 4) is 0 Å². The molecule has 36 heavy (non-hydrogen) atoms. The topological polar surface area (TPSA) is 104 Å². The maximum absolute atomic E-state index is 13.4. The van der Waals surface area contributed by atoms with Crippen LogP contribution < -0.4 is 11.0 Å². The zero-order valence-corrected chi connectivity index (χ0v) is 20.6. The highest BCUT2D eigenvalue weighted by Gasteiger charge is 2.20. The van der Waals surface area contributed by atoms with Gasteiger partial charge in [0, 0.05) is 31.5 Å². The molecule has 0 aliphatic carbocycles. The molecule has 0 aliphatic rings. The van der Waals surface area contributed by atoms with Crippen molar-refractivity contribution >= 4 is 28.6 Å². The first-order valence-corrected chi connectivity index (χ1v) is 11.9. The van der Waals surface area contributed by atoms with Crippen molar-refractivity contribution in [3.05, 3.63) is 87.3 Å². The van der Waals surface area contributed by atoms with E-state index in [2.05, 4.69) is 4.99 Å². The lowest BCUT2D eigenvalue weighted by molar-refractivity contribution is 0.0523. The standard InChI is InChI=1S/C27H28N4O5/c1-4-35-16-10-15-31-23-20(26(33)30-14-9-8-13-22(30)28-23)17-21(27(34)36-5-2)24(31)29-25(32)19-12-7-6-11-18(19)3/h6-9,11-14,17H,4-5,10,15-16H2,1-3H3. The number of hydrogen-bond donors (Lipinski definition) is 0. The fourth-order valence-corrected chi connectivity index (χ4v) is 4.01. The molecule has 9 heteroatoms. The van der Waals surface area contributed by atoms with Gasteiger partial charge in [0.25, 0.3) is 11.5 Å².